The first-order valence-corrected chi connectivity index (χ1v) is 6.52. The number of rotatable bonds is 2. The van der Waals surface area contributed by atoms with Crippen molar-refractivity contribution in [1.82, 2.24) is 4.98 Å². The first-order chi connectivity index (χ1) is 8.00. The summed E-state index contributed by atoms with van der Waals surface area (Å²) in [5, 5.41) is 0.559. The van der Waals surface area contributed by atoms with Crippen molar-refractivity contribution in [1.29, 1.82) is 0 Å². The summed E-state index contributed by atoms with van der Waals surface area (Å²) in [6.45, 7) is 1.93. The van der Waals surface area contributed by atoms with E-state index in [9.17, 15) is 4.39 Å². The zero-order valence-electron chi connectivity index (χ0n) is 8.90. The number of benzene rings is 1. The summed E-state index contributed by atoms with van der Waals surface area (Å²) < 4.78 is 14.3. The van der Waals surface area contributed by atoms with E-state index in [1.807, 2.05) is 19.2 Å². The van der Waals surface area contributed by atoms with E-state index in [0.717, 1.165) is 10.2 Å². The lowest BCUT2D eigenvalue weighted by Crippen LogP contribution is -1.98. The molecular weight excluding hydrogens is 328 g/mol. The summed E-state index contributed by atoms with van der Waals surface area (Å²) >= 11 is 15.4. The molecule has 1 N–H and O–H groups in total. The molecule has 0 aliphatic rings. The molecule has 90 valence electrons. The van der Waals surface area contributed by atoms with Gasteiger partial charge in [0.15, 0.2) is 0 Å². The Kier molecular flexibility index (Phi) is 3.81. The predicted molar refractivity (Wildman–Crippen MR) is 72.4 cm³/mol. The molecule has 0 amide bonds. The van der Waals surface area contributed by atoms with Gasteiger partial charge in [0.25, 0.3) is 0 Å². The van der Waals surface area contributed by atoms with Gasteiger partial charge in [-0.25, -0.2) is 4.39 Å². The van der Waals surface area contributed by atoms with Gasteiger partial charge < -0.3 is 4.98 Å². The number of aromatic amines is 1. The van der Waals surface area contributed by atoms with E-state index in [1.165, 1.54) is 12.1 Å². The lowest BCUT2D eigenvalue weighted by atomic mass is 9.95. The van der Waals surface area contributed by atoms with E-state index >= 15 is 0 Å². The highest BCUT2D eigenvalue weighted by atomic mass is 79.9. The van der Waals surface area contributed by atoms with Gasteiger partial charge >= 0.3 is 0 Å². The van der Waals surface area contributed by atoms with Gasteiger partial charge in [-0.15, -0.1) is 0 Å². The number of hydrogen-bond acceptors (Lipinski definition) is 0. The van der Waals surface area contributed by atoms with Crippen LogP contribution < -0.4 is 0 Å². The largest absolute Gasteiger partial charge is 0.356 e. The van der Waals surface area contributed by atoms with Crippen molar-refractivity contribution in [3.05, 3.63) is 56.0 Å². The van der Waals surface area contributed by atoms with Gasteiger partial charge in [-0.2, -0.15) is 0 Å². The number of nitrogens with one attached hydrogen (secondary N) is 1. The van der Waals surface area contributed by atoms with Gasteiger partial charge in [0.05, 0.1) is 9.63 Å². The van der Waals surface area contributed by atoms with Gasteiger partial charge in [0, 0.05) is 17.1 Å². The van der Waals surface area contributed by atoms with Crippen molar-refractivity contribution in [2.75, 3.05) is 0 Å². The van der Waals surface area contributed by atoms with Crippen molar-refractivity contribution in [2.24, 2.45) is 0 Å². The quantitative estimate of drug-likeness (QED) is 0.709. The third kappa shape index (κ3) is 2.51. The van der Waals surface area contributed by atoms with E-state index in [1.54, 1.807) is 0 Å². The molecule has 1 atom stereocenters. The maximum atomic E-state index is 13.4. The fourth-order valence-corrected chi connectivity index (χ4v) is 2.82. The minimum Gasteiger partial charge on any atom is -0.356 e. The Morgan fingerprint density at radius 1 is 1.35 bits per heavy atom. The Labute approximate surface area is 117 Å². The zero-order valence-corrected chi connectivity index (χ0v) is 12.0. The van der Waals surface area contributed by atoms with E-state index in [-0.39, 0.29) is 10.9 Å². The Balaban J connectivity index is 2.50. The molecule has 0 saturated heterocycles. The van der Waals surface area contributed by atoms with Gasteiger partial charge in [-0.1, -0.05) is 30.1 Å². The average Bonchev–Trinajstić information content (AvgIpc) is 2.71. The van der Waals surface area contributed by atoms with Gasteiger partial charge in [-0.05, 0) is 45.3 Å². The van der Waals surface area contributed by atoms with Crippen LogP contribution in [0.3, 0.4) is 0 Å². The SMILES string of the molecule is C[C@@H](c1c[nH]c(Br)c1)c1c(Cl)ccc(F)c1Cl. The second kappa shape index (κ2) is 5.01. The molecule has 2 rings (SSSR count). The Morgan fingerprint density at radius 2 is 2.06 bits per heavy atom. The molecule has 5 heteroatoms. The normalized spacial score (nSPS) is 12.8. The minimum absolute atomic E-state index is 0.0757. The lowest BCUT2D eigenvalue weighted by Gasteiger charge is -2.14. The van der Waals surface area contributed by atoms with Gasteiger partial charge in [0.1, 0.15) is 5.82 Å². The maximum absolute atomic E-state index is 13.4. The molecule has 17 heavy (non-hydrogen) atoms. The standard InChI is InChI=1S/C12H9BrCl2FN/c1-6(7-4-10(13)17-5-7)11-8(14)2-3-9(16)12(11)15/h2-6,17H,1H3/t6-/m0/s1. The third-order valence-corrected chi connectivity index (χ3v) is 3.85. The first-order valence-electron chi connectivity index (χ1n) is 4.98. The van der Waals surface area contributed by atoms with E-state index in [2.05, 4.69) is 20.9 Å². The van der Waals surface area contributed by atoms with Crippen molar-refractivity contribution in [3.63, 3.8) is 0 Å². The average molecular weight is 337 g/mol. The predicted octanol–water partition coefficient (Wildman–Crippen LogP) is 5.37. The molecule has 1 aromatic carbocycles. The fraction of sp³-hybridized carbons (Fsp3) is 0.167. The van der Waals surface area contributed by atoms with Crippen molar-refractivity contribution in [2.45, 2.75) is 12.8 Å². The zero-order chi connectivity index (χ0) is 12.6. The number of H-pyrrole nitrogens is 1. The molecule has 0 fully saturated rings. The van der Waals surface area contributed by atoms with Crippen LogP contribution in [-0.2, 0) is 0 Å². The number of aromatic nitrogens is 1. The summed E-state index contributed by atoms with van der Waals surface area (Å²) in [6.07, 6.45) is 1.84. The van der Waals surface area contributed by atoms with Crippen LogP contribution in [0.4, 0.5) is 4.39 Å². The summed E-state index contributed by atoms with van der Waals surface area (Å²) in [7, 11) is 0. The van der Waals surface area contributed by atoms with Crippen LogP contribution in [0.15, 0.2) is 29.0 Å². The van der Waals surface area contributed by atoms with Crippen LogP contribution in [-0.4, -0.2) is 4.98 Å². The second-order valence-corrected chi connectivity index (χ2v) is 5.40. The molecule has 0 unspecified atom stereocenters. The smallest absolute Gasteiger partial charge is 0.142 e. The summed E-state index contributed by atoms with van der Waals surface area (Å²) in [4.78, 5) is 3.01. The molecule has 0 bridgehead atoms. The van der Waals surface area contributed by atoms with Gasteiger partial charge in [-0.3, -0.25) is 0 Å². The molecular formula is C12H9BrCl2FN. The highest BCUT2D eigenvalue weighted by Crippen LogP contribution is 2.37. The van der Waals surface area contributed by atoms with Crippen molar-refractivity contribution < 1.29 is 4.39 Å². The molecule has 1 nitrogen and oxygen atoms in total. The monoisotopic (exact) mass is 335 g/mol. The topological polar surface area (TPSA) is 15.8 Å². The molecule has 0 aliphatic carbocycles. The first kappa shape index (κ1) is 12.9. The van der Waals surface area contributed by atoms with Crippen LogP contribution in [0, 0.1) is 5.82 Å². The van der Waals surface area contributed by atoms with Crippen LogP contribution in [0.1, 0.15) is 24.0 Å². The van der Waals surface area contributed by atoms with Crippen LogP contribution in [0.25, 0.3) is 0 Å². The molecule has 0 saturated carbocycles. The van der Waals surface area contributed by atoms with Crippen LogP contribution in [0.2, 0.25) is 10.0 Å². The van der Waals surface area contributed by atoms with Crippen LogP contribution in [0.5, 0.6) is 0 Å². The molecule has 0 radical (unpaired) electrons. The highest BCUT2D eigenvalue weighted by Gasteiger charge is 2.19. The van der Waals surface area contributed by atoms with E-state index in [4.69, 9.17) is 23.2 Å². The number of halogens is 4. The highest BCUT2D eigenvalue weighted by molar-refractivity contribution is 9.10. The van der Waals surface area contributed by atoms with Crippen molar-refractivity contribution >= 4 is 39.1 Å². The van der Waals surface area contributed by atoms with E-state index < -0.39 is 5.82 Å². The van der Waals surface area contributed by atoms with Gasteiger partial charge in [0.2, 0.25) is 0 Å². The summed E-state index contributed by atoms with van der Waals surface area (Å²) in [6, 6.07) is 4.71. The van der Waals surface area contributed by atoms with Crippen LogP contribution >= 0.6 is 39.1 Å². The molecule has 1 heterocycles. The number of hydrogen-bond donors (Lipinski definition) is 1. The fourth-order valence-electron chi connectivity index (χ4n) is 1.74. The molecule has 0 spiro atoms. The minimum atomic E-state index is -0.451. The second-order valence-electron chi connectivity index (χ2n) is 3.76. The maximum Gasteiger partial charge on any atom is 0.142 e. The summed E-state index contributed by atoms with van der Waals surface area (Å²) in [5.74, 6) is -0.527. The third-order valence-electron chi connectivity index (χ3n) is 2.68. The van der Waals surface area contributed by atoms with E-state index in [0.29, 0.717) is 10.6 Å². The van der Waals surface area contributed by atoms with Crippen molar-refractivity contribution in [3.8, 4) is 0 Å². The molecule has 1 aromatic heterocycles. The lowest BCUT2D eigenvalue weighted by molar-refractivity contribution is 0.625. The Bertz CT molecular complexity index is 553. The summed E-state index contributed by atoms with van der Waals surface area (Å²) in [5.41, 5.74) is 1.60. The Morgan fingerprint density at radius 3 is 2.65 bits per heavy atom. The molecule has 2 aromatic rings. The molecule has 0 aliphatic heterocycles. The Hall–Kier alpha value is -0.510.